The standard InChI is InChI=1S/Co.H2O4S.H2O/c;1-5(2,3)4;/h;(H2,1,2,3,4);1H2/p-2. The molecule has 7 heteroatoms. The molecule has 0 aliphatic carbocycles. The topological polar surface area (TPSA) is 112 Å². The van der Waals surface area contributed by atoms with Gasteiger partial charge in [0.15, 0.2) is 0 Å². The summed E-state index contributed by atoms with van der Waals surface area (Å²) in [5, 5.41) is 0. The molecule has 0 fully saturated rings. The average Bonchev–Trinajstić information content (AvgIpc) is 0.722. The average molecular weight is 173 g/mol. The first-order valence-electron chi connectivity index (χ1n) is 0.667. The molecule has 0 unspecified atom stereocenters. The second-order valence-electron chi connectivity index (χ2n) is 0.408. The van der Waals surface area contributed by atoms with Crippen LogP contribution in [0.4, 0.5) is 0 Å². The van der Waals surface area contributed by atoms with Crippen LogP contribution in [-0.2, 0) is 27.2 Å². The van der Waals surface area contributed by atoms with Gasteiger partial charge >= 0.3 is 0 Å². The zero-order valence-electron chi connectivity index (χ0n) is 2.87. The van der Waals surface area contributed by atoms with Crippen molar-refractivity contribution in [3.8, 4) is 0 Å². The van der Waals surface area contributed by atoms with Gasteiger partial charge in [-0.05, 0) is 0 Å². The monoisotopic (exact) mass is 173 g/mol. The van der Waals surface area contributed by atoms with E-state index < -0.39 is 10.4 Å². The number of hydrogen-bond donors (Lipinski definition) is 0. The van der Waals surface area contributed by atoms with E-state index in [0.29, 0.717) is 0 Å². The first kappa shape index (κ1) is 15.7. The molecule has 0 aliphatic heterocycles. The maximum absolute atomic E-state index is 8.52. The van der Waals surface area contributed by atoms with Crippen LogP contribution in [0.3, 0.4) is 0 Å². The van der Waals surface area contributed by atoms with Crippen LogP contribution in [-0.4, -0.2) is 23.0 Å². The van der Waals surface area contributed by atoms with Gasteiger partial charge in [0, 0.05) is 27.2 Å². The molecule has 49 valence electrons. The summed E-state index contributed by atoms with van der Waals surface area (Å²) in [7, 11) is -5.17. The van der Waals surface area contributed by atoms with E-state index in [1.165, 1.54) is 0 Å². The molecule has 0 rings (SSSR count). The van der Waals surface area contributed by atoms with Crippen molar-refractivity contribution in [1.82, 2.24) is 0 Å². The Morgan fingerprint density at radius 3 is 1.14 bits per heavy atom. The van der Waals surface area contributed by atoms with E-state index >= 15 is 0 Å². The van der Waals surface area contributed by atoms with Crippen LogP contribution < -0.4 is 0 Å². The first-order chi connectivity index (χ1) is 2.00. The van der Waals surface area contributed by atoms with Crippen molar-refractivity contribution < 1.29 is 39.8 Å². The third-order valence-electron chi connectivity index (χ3n) is 0. The molecule has 7 heavy (non-hydrogen) atoms. The number of rotatable bonds is 0. The summed E-state index contributed by atoms with van der Waals surface area (Å²) in [5.41, 5.74) is 0. The molecule has 2 N–H and O–H groups in total. The molecule has 5 nitrogen and oxygen atoms in total. The summed E-state index contributed by atoms with van der Waals surface area (Å²) in [6, 6.07) is 0. The summed E-state index contributed by atoms with van der Waals surface area (Å²) in [6.07, 6.45) is 0. The van der Waals surface area contributed by atoms with Crippen molar-refractivity contribution in [2.45, 2.75) is 0 Å². The quantitative estimate of drug-likeness (QED) is 0.306. The Morgan fingerprint density at radius 1 is 1.14 bits per heavy atom. The summed E-state index contributed by atoms with van der Waals surface area (Å²) >= 11 is 0. The van der Waals surface area contributed by atoms with Gasteiger partial charge in [0.2, 0.25) is 0 Å². The van der Waals surface area contributed by atoms with Crippen LogP contribution in [0.1, 0.15) is 0 Å². The SMILES string of the molecule is O.O=S(=O)([O-])[O-].[Co]. The Balaban J connectivity index is -0.0000000800. The smallest absolute Gasteiger partial charge is 0.0311 e. The predicted molar refractivity (Wildman–Crippen MR) is 14.1 cm³/mol. The molecule has 0 heterocycles. The fourth-order valence-corrected chi connectivity index (χ4v) is 0. The van der Waals surface area contributed by atoms with Gasteiger partial charge in [-0.1, -0.05) is 0 Å². The van der Waals surface area contributed by atoms with Crippen LogP contribution >= 0.6 is 0 Å². The Labute approximate surface area is 50.8 Å². The maximum atomic E-state index is 8.52. The molecule has 0 aromatic carbocycles. The van der Waals surface area contributed by atoms with Gasteiger partial charge in [0.25, 0.3) is 0 Å². The molecule has 1 radical (unpaired) electrons. The molecule has 0 aromatic heterocycles. The van der Waals surface area contributed by atoms with Crippen molar-refractivity contribution in [3.05, 3.63) is 0 Å². The van der Waals surface area contributed by atoms with Gasteiger partial charge in [-0.2, -0.15) is 0 Å². The molecule has 0 spiro atoms. The van der Waals surface area contributed by atoms with Crippen molar-refractivity contribution >= 4 is 10.4 Å². The van der Waals surface area contributed by atoms with Crippen LogP contribution in [0.25, 0.3) is 0 Å². The molecule has 0 bridgehead atoms. The van der Waals surface area contributed by atoms with E-state index in [0.717, 1.165) is 0 Å². The minimum atomic E-state index is -5.17. The van der Waals surface area contributed by atoms with Crippen LogP contribution in [0, 0.1) is 0 Å². The van der Waals surface area contributed by atoms with E-state index in [9.17, 15) is 0 Å². The minimum absolute atomic E-state index is 0. The Bertz CT molecular complexity index is 91.2. The van der Waals surface area contributed by atoms with E-state index in [-0.39, 0.29) is 22.3 Å². The Kier molecular flexibility index (Phi) is 10.1. The van der Waals surface area contributed by atoms with E-state index in [4.69, 9.17) is 17.5 Å². The Hall–Kier alpha value is 0.336. The van der Waals surface area contributed by atoms with Gasteiger partial charge in [0.1, 0.15) is 0 Å². The summed E-state index contributed by atoms with van der Waals surface area (Å²) in [4.78, 5) is 0. The van der Waals surface area contributed by atoms with Crippen molar-refractivity contribution in [2.24, 2.45) is 0 Å². The van der Waals surface area contributed by atoms with Crippen LogP contribution in [0.2, 0.25) is 0 Å². The van der Waals surface area contributed by atoms with Gasteiger partial charge in [-0.3, -0.25) is 8.42 Å². The van der Waals surface area contributed by atoms with Crippen LogP contribution in [0.15, 0.2) is 0 Å². The number of hydrogen-bond acceptors (Lipinski definition) is 4. The molecule has 0 amide bonds. The molecule has 0 saturated heterocycles. The van der Waals surface area contributed by atoms with Gasteiger partial charge in [-0.15, -0.1) is 0 Å². The zero-order chi connectivity index (χ0) is 4.50. The van der Waals surface area contributed by atoms with Crippen LogP contribution in [0.5, 0.6) is 0 Å². The summed E-state index contributed by atoms with van der Waals surface area (Å²) in [6.45, 7) is 0. The third-order valence-corrected chi connectivity index (χ3v) is 0. The molecule has 0 aromatic rings. The predicted octanol–water partition coefficient (Wildman–Crippen LogP) is -2.17. The van der Waals surface area contributed by atoms with Crippen molar-refractivity contribution in [2.75, 3.05) is 0 Å². The molecule has 0 atom stereocenters. The minimum Gasteiger partial charge on any atom is -0.759 e. The van der Waals surface area contributed by atoms with Gasteiger partial charge in [-0.25, -0.2) is 0 Å². The zero-order valence-corrected chi connectivity index (χ0v) is 4.73. The maximum Gasteiger partial charge on any atom is 0.0311 e. The fourth-order valence-electron chi connectivity index (χ4n) is 0. The second kappa shape index (κ2) is 4.49. The van der Waals surface area contributed by atoms with E-state index in [1.54, 1.807) is 0 Å². The van der Waals surface area contributed by atoms with Crippen molar-refractivity contribution in [3.63, 3.8) is 0 Å². The largest absolute Gasteiger partial charge is 0.759 e. The molecule has 0 aliphatic rings. The third kappa shape index (κ3) is 1050. The summed E-state index contributed by atoms with van der Waals surface area (Å²) in [5.74, 6) is 0. The summed E-state index contributed by atoms with van der Waals surface area (Å²) < 4.78 is 34.1. The molecule has 0 saturated carbocycles. The molecular formula is H2CoO5S-2. The van der Waals surface area contributed by atoms with Crippen molar-refractivity contribution in [1.29, 1.82) is 0 Å². The van der Waals surface area contributed by atoms with E-state index in [2.05, 4.69) is 0 Å². The molecular weight excluding hydrogens is 171 g/mol. The normalized spacial score (nSPS) is 8.29. The fraction of sp³-hybridized carbons (Fsp3) is 0. The van der Waals surface area contributed by atoms with Gasteiger partial charge in [0.05, 0.1) is 0 Å². The van der Waals surface area contributed by atoms with E-state index in [1.807, 2.05) is 0 Å². The Morgan fingerprint density at radius 2 is 1.14 bits per heavy atom. The second-order valence-corrected chi connectivity index (χ2v) is 1.22. The first-order valence-corrected chi connectivity index (χ1v) is 2.00. The van der Waals surface area contributed by atoms with Gasteiger partial charge < -0.3 is 14.6 Å².